The van der Waals surface area contributed by atoms with Crippen molar-refractivity contribution >= 4 is 17.6 Å². The van der Waals surface area contributed by atoms with Crippen LogP contribution < -0.4 is 11.1 Å². The van der Waals surface area contributed by atoms with Gasteiger partial charge < -0.3 is 16.2 Å². The first kappa shape index (κ1) is 15.2. The summed E-state index contributed by atoms with van der Waals surface area (Å²) >= 11 is 0. The number of anilines is 1. The average Bonchev–Trinajstić information content (AvgIpc) is 2.28. The van der Waals surface area contributed by atoms with Crippen LogP contribution in [-0.2, 0) is 4.79 Å². The largest absolute Gasteiger partial charge is 0.478 e. The molecule has 0 aliphatic heterocycles. The van der Waals surface area contributed by atoms with Crippen molar-refractivity contribution in [2.45, 2.75) is 39.2 Å². The predicted molar refractivity (Wildman–Crippen MR) is 74.3 cm³/mol. The van der Waals surface area contributed by atoms with Gasteiger partial charge in [-0.1, -0.05) is 13.3 Å². The second-order valence-electron chi connectivity index (χ2n) is 4.64. The first-order chi connectivity index (χ1) is 8.93. The topological polar surface area (TPSA) is 92.4 Å². The maximum atomic E-state index is 11.7. The Morgan fingerprint density at radius 3 is 2.63 bits per heavy atom. The van der Waals surface area contributed by atoms with Gasteiger partial charge in [0.2, 0.25) is 5.91 Å². The molecule has 4 N–H and O–H groups in total. The van der Waals surface area contributed by atoms with E-state index in [1.807, 2.05) is 6.92 Å². The average molecular weight is 264 g/mol. The molecule has 0 spiro atoms. The van der Waals surface area contributed by atoms with Crippen LogP contribution in [-0.4, -0.2) is 23.0 Å². The molecule has 0 aromatic heterocycles. The predicted octanol–water partition coefficient (Wildman–Crippen LogP) is 2.15. The lowest BCUT2D eigenvalue weighted by Gasteiger charge is -2.11. The molecule has 0 aliphatic carbocycles. The molecule has 1 aromatic carbocycles. The molecule has 1 atom stereocenters. The monoisotopic (exact) mass is 264 g/mol. The lowest BCUT2D eigenvalue weighted by atomic mass is 10.1. The Labute approximate surface area is 112 Å². The van der Waals surface area contributed by atoms with Crippen LogP contribution in [0.1, 0.15) is 42.1 Å². The fourth-order valence-electron chi connectivity index (χ4n) is 1.90. The molecule has 1 amide bonds. The fraction of sp³-hybridized carbons (Fsp3) is 0.429. The van der Waals surface area contributed by atoms with E-state index in [0.717, 1.165) is 12.8 Å². The van der Waals surface area contributed by atoms with Gasteiger partial charge in [0.25, 0.3) is 0 Å². The fourth-order valence-corrected chi connectivity index (χ4v) is 1.90. The number of hydrogen-bond acceptors (Lipinski definition) is 3. The van der Waals surface area contributed by atoms with Gasteiger partial charge in [-0.3, -0.25) is 4.79 Å². The van der Waals surface area contributed by atoms with E-state index >= 15 is 0 Å². The van der Waals surface area contributed by atoms with Crippen LogP contribution in [0.15, 0.2) is 18.2 Å². The van der Waals surface area contributed by atoms with E-state index in [1.54, 1.807) is 19.1 Å². The zero-order valence-electron chi connectivity index (χ0n) is 11.3. The normalized spacial score (nSPS) is 11.9. The summed E-state index contributed by atoms with van der Waals surface area (Å²) in [5.41, 5.74) is 7.24. The van der Waals surface area contributed by atoms with Gasteiger partial charge in [-0.25, -0.2) is 4.79 Å². The van der Waals surface area contributed by atoms with Crippen molar-refractivity contribution in [1.82, 2.24) is 0 Å². The van der Waals surface area contributed by atoms with Gasteiger partial charge in [-0.15, -0.1) is 0 Å². The molecule has 104 valence electrons. The molecule has 0 fully saturated rings. The minimum absolute atomic E-state index is 0.135. The highest BCUT2D eigenvalue weighted by molar-refractivity contribution is 5.93. The zero-order chi connectivity index (χ0) is 14.4. The van der Waals surface area contributed by atoms with Gasteiger partial charge in [0.1, 0.15) is 0 Å². The van der Waals surface area contributed by atoms with Crippen molar-refractivity contribution < 1.29 is 14.7 Å². The summed E-state index contributed by atoms with van der Waals surface area (Å²) < 4.78 is 0. The number of rotatable bonds is 6. The third-order valence-electron chi connectivity index (χ3n) is 2.85. The number of nitrogens with one attached hydrogen (secondary N) is 1. The second kappa shape index (κ2) is 6.89. The van der Waals surface area contributed by atoms with E-state index in [2.05, 4.69) is 5.32 Å². The lowest BCUT2D eigenvalue weighted by Crippen LogP contribution is -2.26. The van der Waals surface area contributed by atoms with Gasteiger partial charge in [-0.05, 0) is 37.1 Å². The van der Waals surface area contributed by atoms with Crippen molar-refractivity contribution in [3.05, 3.63) is 29.3 Å². The van der Waals surface area contributed by atoms with Gasteiger partial charge in [-0.2, -0.15) is 0 Å². The molecule has 0 bridgehead atoms. The van der Waals surface area contributed by atoms with Crippen molar-refractivity contribution in [3.63, 3.8) is 0 Å². The van der Waals surface area contributed by atoms with Crippen molar-refractivity contribution in [1.29, 1.82) is 0 Å². The summed E-state index contributed by atoms with van der Waals surface area (Å²) in [7, 11) is 0. The number of aromatic carboxylic acids is 1. The van der Waals surface area contributed by atoms with Gasteiger partial charge >= 0.3 is 5.97 Å². The van der Waals surface area contributed by atoms with Crippen LogP contribution in [0.4, 0.5) is 5.69 Å². The van der Waals surface area contributed by atoms with Crippen molar-refractivity contribution in [3.8, 4) is 0 Å². The SMILES string of the molecule is CCCC(N)CC(=O)Nc1ccc(C(=O)O)c(C)c1. The van der Waals surface area contributed by atoms with Gasteiger partial charge in [0.05, 0.1) is 5.56 Å². The molecule has 0 saturated carbocycles. The maximum Gasteiger partial charge on any atom is 0.335 e. The summed E-state index contributed by atoms with van der Waals surface area (Å²) in [4.78, 5) is 22.6. The Bertz CT molecular complexity index is 472. The van der Waals surface area contributed by atoms with Crippen molar-refractivity contribution in [2.75, 3.05) is 5.32 Å². The van der Waals surface area contributed by atoms with Crippen LogP contribution in [0.2, 0.25) is 0 Å². The van der Waals surface area contributed by atoms with E-state index < -0.39 is 5.97 Å². The Morgan fingerprint density at radius 1 is 1.42 bits per heavy atom. The van der Waals surface area contributed by atoms with Gasteiger partial charge in [0.15, 0.2) is 0 Å². The third kappa shape index (κ3) is 4.71. The van der Waals surface area contributed by atoms with E-state index in [-0.39, 0.29) is 23.9 Å². The number of carboxylic acids is 1. The minimum atomic E-state index is -0.972. The first-order valence-electron chi connectivity index (χ1n) is 6.33. The van der Waals surface area contributed by atoms with Crippen LogP contribution in [0.25, 0.3) is 0 Å². The summed E-state index contributed by atoms with van der Waals surface area (Å²) in [5, 5.41) is 11.6. The number of nitrogens with two attached hydrogens (primary N) is 1. The van der Waals surface area contributed by atoms with Crippen LogP contribution in [0.3, 0.4) is 0 Å². The number of benzene rings is 1. The highest BCUT2D eigenvalue weighted by atomic mass is 16.4. The molecule has 0 heterocycles. The molecule has 0 aliphatic rings. The van der Waals surface area contributed by atoms with E-state index in [1.165, 1.54) is 6.07 Å². The lowest BCUT2D eigenvalue weighted by molar-refractivity contribution is -0.116. The Morgan fingerprint density at radius 2 is 2.11 bits per heavy atom. The summed E-state index contributed by atoms with van der Waals surface area (Å²) in [6, 6.07) is 4.58. The first-order valence-corrected chi connectivity index (χ1v) is 6.33. The molecule has 5 nitrogen and oxygen atoms in total. The van der Waals surface area contributed by atoms with Crippen LogP contribution >= 0.6 is 0 Å². The van der Waals surface area contributed by atoms with E-state index in [9.17, 15) is 9.59 Å². The molecule has 5 heteroatoms. The molecule has 1 rings (SSSR count). The number of carbonyl (C=O) groups is 2. The summed E-state index contributed by atoms with van der Waals surface area (Å²) in [6.45, 7) is 3.72. The van der Waals surface area contributed by atoms with E-state index in [0.29, 0.717) is 11.3 Å². The maximum absolute atomic E-state index is 11.7. The molecule has 19 heavy (non-hydrogen) atoms. The number of amides is 1. The van der Waals surface area contributed by atoms with Crippen LogP contribution in [0.5, 0.6) is 0 Å². The minimum Gasteiger partial charge on any atom is -0.478 e. The standard InChI is InChI=1S/C14H20N2O3/c1-3-4-10(15)8-13(17)16-11-5-6-12(14(18)19)9(2)7-11/h5-7,10H,3-4,8,15H2,1-2H3,(H,16,17)(H,18,19). The molecule has 1 unspecified atom stereocenters. The third-order valence-corrected chi connectivity index (χ3v) is 2.85. The number of hydrogen-bond donors (Lipinski definition) is 3. The zero-order valence-corrected chi connectivity index (χ0v) is 11.3. The molecule has 0 radical (unpaired) electrons. The van der Waals surface area contributed by atoms with Crippen LogP contribution in [0, 0.1) is 6.92 Å². The number of carbonyl (C=O) groups excluding carboxylic acids is 1. The Kier molecular flexibility index (Phi) is 5.51. The summed E-state index contributed by atoms with van der Waals surface area (Å²) in [6.07, 6.45) is 2.03. The quantitative estimate of drug-likeness (QED) is 0.734. The highest BCUT2D eigenvalue weighted by Gasteiger charge is 2.11. The van der Waals surface area contributed by atoms with Gasteiger partial charge in [0, 0.05) is 18.2 Å². The number of carboxylic acid groups (broad SMARTS) is 1. The molecular weight excluding hydrogens is 244 g/mol. The molecule has 0 saturated heterocycles. The molecule has 1 aromatic rings. The second-order valence-corrected chi connectivity index (χ2v) is 4.64. The number of aryl methyl sites for hydroxylation is 1. The highest BCUT2D eigenvalue weighted by Crippen LogP contribution is 2.15. The van der Waals surface area contributed by atoms with Crippen molar-refractivity contribution in [2.24, 2.45) is 5.73 Å². The summed E-state index contributed by atoms with van der Waals surface area (Å²) in [5.74, 6) is -1.12. The smallest absolute Gasteiger partial charge is 0.335 e. The molecular formula is C14H20N2O3. The van der Waals surface area contributed by atoms with E-state index in [4.69, 9.17) is 10.8 Å². The Hall–Kier alpha value is -1.88. The Balaban J connectivity index is 2.65.